The van der Waals surface area contributed by atoms with Crippen LogP contribution in [0, 0.1) is 23.1 Å². The Hall–Kier alpha value is -1.41. The van der Waals surface area contributed by atoms with Gasteiger partial charge in [-0.3, -0.25) is 4.79 Å². The van der Waals surface area contributed by atoms with Crippen LogP contribution in [0.15, 0.2) is 22.7 Å². The van der Waals surface area contributed by atoms with Crippen molar-refractivity contribution in [2.75, 3.05) is 13.1 Å². The molecule has 1 aromatic rings. The fourth-order valence-electron chi connectivity index (χ4n) is 1.54. The van der Waals surface area contributed by atoms with Gasteiger partial charge in [0.15, 0.2) is 0 Å². The second-order valence-corrected chi connectivity index (χ2v) is 4.86. The second-order valence-electron chi connectivity index (χ2n) is 4.00. The summed E-state index contributed by atoms with van der Waals surface area (Å²) in [7, 11) is 0. The van der Waals surface area contributed by atoms with Gasteiger partial charge >= 0.3 is 0 Å². The first kappa shape index (κ1) is 14.7. The van der Waals surface area contributed by atoms with Crippen molar-refractivity contribution in [1.82, 2.24) is 4.90 Å². The fraction of sp³-hybridized carbons (Fsp3) is 0.385. The van der Waals surface area contributed by atoms with Gasteiger partial charge in [-0.1, -0.05) is 0 Å². The van der Waals surface area contributed by atoms with Gasteiger partial charge in [0.1, 0.15) is 5.82 Å². The molecule has 0 saturated heterocycles. The topological polar surface area (TPSA) is 44.1 Å². The molecule has 1 rings (SSSR count). The molecule has 0 heterocycles. The van der Waals surface area contributed by atoms with Gasteiger partial charge in [-0.25, -0.2) is 4.39 Å². The van der Waals surface area contributed by atoms with Crippen LogP contribution in [-0.2, 0) is 0 Å². The molecule has 18 heavy (non-hydrogen) atoms. The van der Waals surface area contributed by atoms with Crippen LogP contribution < -0.4 is 0 Å². The number of amides is 1. The summed E-state index contributed by atoms with van der Waals surface area (Å²) < 4.78 is 13.4. The minimum atomic E-state index is -0.403. The molecule has 0 fully saturated rings. The van der Waals surface area contributed by atoms with Gasteiger partial charge in [0.05, 0.1) is 16.5 Å². The molecule has 3 nitrogen and oxygen atoms in total. The molecule has 1 amide bonds. The average molecular weight is 313 g/mol. The van der Waals surface area contributed by atoms with E-state index < -0.39 is 5.82 Å². The summed E-state index contributed by atoms with van der Waals surface area (Å²) >= 11 is 3.05. The molecule has 0 radical (unpaired) electrons. The number of hydrogen-bond donors (Lipinski definition) is 0. The van der Waals surface area contributed by atoms with Crippen LogP contribution in [0.3, 0.4) is 0 Å². The van der Waals surface area contributed by atoms with Gasteiger partial charge in [0.25, 0.3) is 5.91 Å². The van der Waals surface area contributed by atoms with Crippen LogP contribution in [0.25, 0.3) is 0 Å². The van der Waals surface area contributed by atoms with Crippen molar-refractivity contribution in [2.45, 2.75) is 13.8 Å². The number of hydrogen-bond acceptors (Lipinski definition) is 2. The smallest absolute Gasteiger partial charge is 0.253 e. The second kappa shape index (κ2) is 6.50. The highest BCUT2D eigenvalue weighted by Crippen LogP contribution is 2.18. The molecule has 0 aromatic heterocycles. The molecule has 1 aromatic carbocycles. The first-order chi connectivity index (χ1) is 8.49. The van der Waals surface area contributed by atoms with Gasteiger partial charge in [-0.05, 0) is 48.0 Å². The Balaban J connectivity index is 2.90. The van der Waals surface area contributed by atoms with Crippen molar-refractivity contribution in [1.29, 1.82) is 5.26 Å². The number of carbonyl (C=O) groups excluding carboxylic acids is 1. The molecule has 1 unspecified atom stereocenters. The van der Waals surface area contributed by atoms with Crippen molar-refractivity contribution in [3.63, 3.8) is 0 Å². The summed E-state index contributed by atoms with van der Waals surface area (Å²) in [5.74, 6) is -0.821. The van der Waals surface area contributed by atoms with Crippen molar-refractivity contribution in [3.8, 4) is 6.07 Å². The van der Waals surface area contributed by atoms with Crippen LogP contribution >= 0.6 is 15.9 Å². The molecule has 5 heteroatoms. The molecule has 0 aliphatic heterocycles. The molecule has 0 aliphatic carbocycles. The van der Waals surface area contributed by atoms with Crippen molar-refractivity contribution in [2.24, 2.45) is 5.92 Å². The molecule has 0 spiro atoms. The van der Waals surface area contributed by atoms with Crippen LogP contribution in [0.2, 0.25) is 0 Å². The van der Waals surface area contributed by atoms with E-state index in [2.05, 4.69) is 22.0 Å². The molecular formula is C13H14BrFN2O. The molecule has 0 saturated carbocycles. The van der Waals surface area contributed by atoms with Crippen LogP contribution in [0.1, 0.15) is 24.2 Å². The lowest BCUT2D eigenvalue weighted by Gasteiger charge is -2.22. The summed E-state index contributed by atoms with van der Waals surface area (Å²) in [5.41, 5.74) is 0.412. The van der Waals surface area contributed by atoms with E-state index in [-0.39, 0.29) is 16.3 Å². The summed E-state index contributed by atoms with van der Waals surface area (Å²) in [6.07, 6.45) is 0. The van der Waals surface area contributed by atoms with E-state index in [0.717, 1.165) is 0 Å². The third-order valence-corrected chi connectivity index (χ3v) is 3.16. The zero-order chi connectivity index (χ0) is 13.7. The lowest BCUT2D eigenvalue weighted by atomic mass is 10.1. The Morgan fingerprint density at radius 1 is 1.61 bits per heavy atom. The minimum absolute atomic E-state index is 0.194. The summed E-state index contributed by atoms with van der Waals surface area (Å²) in [4.78, 5) is 13.7. The average Bonchev–Trinajstić information content (AvgIpc) is 2.38. The van der Waals surface area contributed by atoms with Gasteiger partial charge in [0, 0.05) is 18.7 Å². The first-order valence-corrected chi connectivity index (χ1v) is 6.42. The maximum atomic E-state index is 13.1. The number of nitrogens with zero attached hydrogens (tertiary/aromatic N) is 2. The quantitative estimate of drug-likeness (QED) is 0.857. The Kier molecular flexibility index (Phi) is 5.29. The van der Waals surface area contributed by atoms with E-state index in [4.69, 9.17) is 5.26 Å². The summed E-state index contributed by atoms with van der Waals surface area (Å²) in [5, 5.41) is 8.77. The fourth-order valence-corrected chi connectivity index (χ4v) is 1.92. The van der Waals surface area contributed by atoms with Crippen molar-refractivity contribution >= 4 is 21.8 Å². The summed E-state index contributed by atoms with van der Waals surface area (Å²) in [6, 6.07) is 6.24. The highest BCUT2D eigenvalue weighted by atomic mass is 79.9. The largest absolute Gasteiger partial charge is 0.338 e. The van der Waals surface area contributed by atoms with E-state index in [1.165, 1.54) is 18.2 Å². The number of rotatable bonds is 4. The predicted molar refractivity (Wildman–Crippen MR) is 70.5 cm³/mol. The monoisotopic (exact) mass is 312 g/mol. The van der Waals surface area contributed by atoms with E-state index >= 15 is 0 Å². The number of halogens is 2. The summed E-state index contributed by atoms with van der Waals surface area (Å²) in [6.45, 7) is 4.50. The standard InChI is InChI=1S/C13H14BrFN2O/c1-3-17(8-9(2)7-16)13(18)10-4-5-12(15)11(14)6-10/h4-6,9H,3,8H2,1-2H3. The van der Waals surface area contributed by atoms with Crippen molar-refractivity contribution < 1.29 is 9.18 Å². The maximum Gasteiger partial charge on any atom is 0.253 e. The van der Waals surface area contributed by atoms with E-state index in [0.29, 0.717) is 18.7 Å². The molecule has 0 bridgehead atoms. The highest BCUT2D eigenvalue weighted by molar-refractivity contribution is 9.10. The van der Waals surface area contributed by atoms with Crippen LogP contribution in [0.4, 0.5) is 4.39 Å². The zero-order valence-corrected chi connectivity index (χ0v) is 11.9. The Morgan fingerprint density at radius 2 is 2.28 bits per heavy atom. The Bertz CT molecular complexity index is 484. The lowest BCUT2D eigenvalue weighted by Crippen LogP contribution is -2.34. The van der Waals surface area contributed by atoms with Gasteiger partial charge in [-0.15, -0.1) is 0 Å². The third-order valence-electron chi connectivity index (χ3n) is 2.55. The third kappa shape index (κ3) is 3.54. The normalized spacial score (nSPS) is 11.7. The van der Waals surface area contributed by atoms with Gasteiger partial charge < -0.3 is 4.90 Å². The van der Waals surface area contributed by atoms with E-state index in [1.54, 1.807) is 11.8 Å². The first-order valence-electron chi connectivity index (χ1n) is 5.63. The molecule has 0 N–H and O–H groups in total. The van der Waals surface area contributed by atoms with Crippen molar-refractivity contribution in [3.05, 3.63) is 34.1 Å². The predicted octanol–water partition coefficient (Wildman–Crippen LogP) is 3.21. The SMILES string of the molecule is CCN(CC(C)C#N)C(=O)c1ccc(F)c(Br)c1. The molecule has 0 aliphatic rings. The zero-order valence-electron chi connectivity index (χ0n) is 10.3. The Morgan fingerprint density at radius 3 is 2.78 bits per heavy atom. The van der Waals surface area contributed by atoms with E-state index in [1.807, 2.05) is 6.92 Å². The number of carbonyl (C=O) groups is 1. The van der Waals surface area contributed by atoms with Crippen LogP contribution in [-0.4, -0.2) is 23.9 Å². The lowest BCUT2D eigenvalue weighted by molar-refractivity contribution is 0.0752. The number of benzene rings is 1. The molecular weight excluding hydrogens is 299 g/mol. The minimum Gasteiger partial charge on any atom is -0.338 e. The molecule has 96 valence electrons. The Labute approximate surface area is 114 Å². The van der Waals surface area contributed by atoms with Gasteiger partial charge in [-0.2, -0.15) is 5.26 Å². The highest BCUT2D eigenvalue weighted by Gasteiger charge is 2.17. The maximum absolute atomic E-state index is 13.1. The molecule has 1 atom stereocenters. The van der Waals surface area contributed by atoms with Crippen LogP contribution in [0.5, 0.6) is 0 Å². The van der Waals surface area contributed by atoms with Gasteiger partial charge in [0.2, 0.25) is 0 Å². The number of nitriles is 1. The van der Waals surface area contributed by atoms with E-state index in [9.17, 15) is 9.18 Å².